The predicted molar refractivity (Wildman–Crippen MR) is 60.4 cm³/mol. The van der Waals surface area contributed by atoms with E-state index in [4.69, 9.17) is 0 Å². The zero-order chi connectivity index (χ0) is 11.5. The molecule has 1 rings (SSSR count). The monoisotopic (exact) mass is 211 g/mol. The van der Waals surface area contributed by atoms with E-state index >= 15 is 0 Å². The molecule has 0 radical (unpaired) electrons. The Balaban J connectivity index is 2.31. The summed E-state index contributed by atoms with van der Waals surface area (Å²) >= 11 is 0. The van der Waals surface area contributed by atoms with Gasteiger partial charge >= 0.3 is 0 Å². The average Bonchev–Trinajstić information content (AvgIpc) is 2.50. The van der Waals surface area contributed by atoms with Gasteiger partial charge in [-0.15, -0.1) is 0 Å². The third-order valence-corrected chi connectivity index (χ3v) is 2.57. The number of rotatable bonds is 4. The fourth-order valence-corrected chi connectivity index (χ4v) is 1.22. The fraction of sp³-hybridized carbons (Fsp3) is 0.727. The molecule has 1 aromatic heterocycles. The van der Waals surface area contributed by atoms with Crippen LogP contribution < -0.4 is 5.32 Å². The number of hydrogen-bond acceptors (Lipinski definition) is 3. The summed E-state index contributed by atoms with van der Waals surface area (Å²) in [6, 6.07) is 1.97. The van der Waals surface area contributed by atoms with Crippen molar-refractivity contribution in [2.24, 2.45) is 12.5 Å². The second kappa shape index (κ2) is 4.77. The van der Waals surface area contributed by atoms with E-state index in [1.165, 1.54) is 0 Å². The van der Waals surface area contributed by atoms with Crippen LogP contribution in [0, 0.1) is 5.41 Å². The molecule has 0 amide bonds. The van der Waals surface area contributed by atoms with Crippen LogP contribution in [0.4, 0.5) is 0 Å². The lowest BCUT2D eigenvalue weighted by Gasteiger charge is -2.25. The van der Waals surface area contributed by atoms with Gasteiger partial charge in [0, 0.05) is 26.3 Å². The second-order valence-corrected chi connectivity index (χ2v) is 4.96. The van der Waals surface area contributed by atoms with E-state index in [1.807, 2.05) is 38.6 Å². The van der Waals surface area contributed by atoms with Crippen LogP contribution in [0.25, 0.3) is 0 Å². The highest BCUT2D eigenvalue weighted by Gasteiger charge is 2.21. The number of aliphatic hydroxyl groups excluding tert-OH is 1. The second-order valence-electron chi connectivity index (χ2n) is 4.96. The number of aromatic nitrogens is 2. The van der Waals surface area contributed by atoms with Crippen molar-refractivity contribution >= 4 is 0 Å². The summed E-state index contributed by atoms with van der Waals surface area (Å²) < 4.78 is 1.83. The lowest BCUT2D eigenvalue weighted by Crippen LogP contribution is -2.36. The number of nitrogens with one attached hydrogen (secondary N) is 1. The normalized spacial score (nSPS) is 14.2. The minimum Gasteiger partial charge on any atom is -0.391 e. The van der Waals surface area contributed by atoms with Crippen molar-refractivity contribution in [1.82, 2.24) is 15.1 Å². The molecule has 2 N–H and O–H groups in total. The molecule has 0 saturated carbocycles. The van der Waals surface area contributed by atoms with E-state index in [9.17, 15) is 5.11 Å². The van der Waals surface area contributed by atoms with E-state index < -0.39 is 0 Å². The van der Waals surface area contributed by atoms with Crippen molar-refractivity contribution in [1.29, 1.82) is 0 Å². The van der Waals surface area contributed by atoms with Crippen LogP contribution in [0.2, 0.25) is 0 Å². The van der Waals surface area contributed by atoms with Gasteiger partial charge in [0.05, 0.1) is 11.8 Å². The first-order chi connectivity index (χ1) is 6.91. The van der Waals surface area contributed by atoms with Gasteiger partial charge in [-0.2, -0.15) is 5.10 Å². The Kier molecular flexibility index (Phi) is 3.88. The van der Waals surface area contributed by atoms with Crippen molar-refractivity contribution in [2.45, 2.75) is 33.4 Å². The highest BCUT2D eigenvalue weighted by atomic mass is 16.3. The fourth-order valence-electron chi connectivity index (χ4n) is 1.22. The number of aliphatic hydroxyl groups is 1. The van der Waals surface area contributed by atoms with Crippen molar-refractivity contribution in [3.05, 3.63) is 18.0 Å². The van der Waals surface area contributed by atoms with Crippen molar-refractivity contribution in [2.75, 3.05) is 6.54 Å². The van der Waals surface area contributed by atoms with E-state index in [2.05, 4.69) is 10.4 Å². The highest BCUT2D eigenvalue weighted by Crippen LogP contribution is 2.18. The van der Waals surface area contributed by atoms with Gasteiger partial charge < -0.3 is 10.4 Å². The molecular formula is C11H21N3O. The Morgan fingerprint density at radius 3 is 2.67 bits per heavy atom. The molecular weight excluding hydrogens is 190 g/mol. The average molecular weight is 211 g/mol. The van der Waals surface area contributed by atoms with E-state index in [-0.39, 0.29) is 11.5 Å². The molecule has 0 aromatic carbocycles. The Morgan fingerprint density at radius 2 is 2.20 bits per heavy atom. The van der Waals surface area contributed by atoms with Crippen LogP contribution in [0.3, 0.4) is 0 Å². The van der Waals surface area contributed by atoms with Gasteiger partial charge in [0.1, 0.15) is 0 Å². The molecule has 1 heterocycles. The van der Waals surface area contributed by atoms with Gasteiger partial charge in [0.25, 0.3) is 0 Å². The van der Waals surface area contributed by atoms with Gasteiger partial charge in [-0.05, 0) is 11.5 Å². The van der Waals surface area contributed by atoms with Gasteiger partial charge in [0.2, 0.25) is 0 Å². The van der Waals surface area contributed by atoms with Crippen LogP contribution in [-0.2, 0) is 13.6 Å². The van der Waals surface area contributed by atoms with E-state index in [0.717, 1.165) is 12.2 Å². The maximum Gasteiger partial charge on any atom is 0.0712 e. The zero-order valence-electron chi connectivity index (χ0n) is 9.99. The molecule has 1 aromatic rings. The number of hydrogen-bond donors (Lipinski definition) is 2. The van der Waals surface area contributed by atoms with Crippen molar-refractivity contribution in [3.8, 4) is 0 Å². The summed E-state index contributed by atoms with van der Waals surface area (Å²) in [5, 5.41) is 17.1. The van der Waals surface area contributed by atoms with Gasteiger partial charge in [-0.3, -0.25) is 4.68 Å². The van der Waals surface area contributed by atoms with Crippen LogP contribution >= 0.6 is 0 Å². The van der Waals surface area contributed by atoms with Crippen LogP contribution in [0.1, 0.15) is 26.5 Å². The summed E-state index contributed by atoms with van der Waals surface area (Å²) in [7, 11) is 1.91. The van der Waals surface area contributed by atoms with Crippen molar-refractivity contribution in [3.63, 3.8) is 0 Å². The number of nitrogens with zero attached hydrogens (tertiary/aromatic N) is 2. The molecule has 4 nitrogen and oxygen atoms in total. The first-order valence-corrected chi connectivity index (χ1v) is 5.27. The lowest BCUT2D eigenvalue weighted by atomic mass is 9.89. The standard InChI is InChI=1S/C11H21N3O/c1-11(2,3)10(15)8-12-7-9-5-6-13-14(9)4/h5-6,10,12,15H,7-8H2,1-4H3. The minimum absolute atomic E-state index is 0.0700. The minimum atomic E-state index is -0.328. The Hall–Kier alpha value is -0.870. The maximum absolute atomic E-state index is 9.80. The smallest absolute Gasteiger partial charge is 0.0712 e. The van der Waals surface area contributed by atoms with Gasteiger partial charge in [-0.25, -0.2) is 0 Å². The highest BCUT2D eigenvalue weighted by molar-refractivity contribution is 4.99. The molecule has 0 aliphatic rings. The Bertz CT molecular complexity index is 301. The molecule has 1 unspecified atom stereocenters. The summed E-state index contributed by atoms with van der Waals surface area (Å²) in [6.45, 7) is 7.44. The van der Waals surface area contributed by atoms with Crippen LogP contribution in [0.15, 0.2) is 12.3 Å². The summed E-state index contributed by atoms with van der Waals surface area (Å²) in [5.41, 5.74) is 1.05. The molecule has 4 heteroatoms. The molecule has 86 valence electrons. The van der Waals surface area contributed by atoms with Crippen LogP contribution in [0.5, 0.6) is 0 Å². The predicted octanol–water partition coefficient (Wildman–Crippen LogP) is 0.917. The van der Waals surface area contributed by atoms with E-state index in [1.54, 1.807) is 6.20 Å². The summed E-state index contributed by atoms with van der Waals surface area (Å²) in [6.07, 6.45) is 1.45. The lowest BCUT2D eigenvalue weighted by molar-refractivity contribution is 0.0626. The Labute approximate surface area is 91.3 Å². The summed E-state index contributed by atoms with van der Waals surface area (Å²) in [4.78, 5) is 0. The SMILES string of the molecule is Cn1nccc1CNCC(O)C(C)(C)C. The molecule has 0 bridgehead atoms. The Morgan fingerprint density at radius 1 is 1.53 bits per heavy atom. The molecule has 0 aliphatic heterocycles. The van der Waals surface area contributed by atoms with Crippen LogP contribution in [-0.4, -0.2) is 27.5 Å². The molecule has 0 saturated heterocycles. The molecule has 15 heavy (non-hydrogen) atoms. The summed E-state index contributed by atoms with van der Waals surface area (Å²) in [5.74, 6) is 0. The maximum atomic E-state index is 9.80. The quantitative estimate of drug-likeness (QED) is 0.778. The van der Waals surface area contributed by atoms with Crippen molar-refractivity contribution < 1.29 is 5.11 Å². The molecule has 0 aliphatic carbocycles. The van der Waals surface area contributed by atoms with Gasteiger partial charge in [0.15, 0.2) is 0 Å². The third kappa shape index (κ3) is 3.64. The molecule has 0 fully saturated rings. The first-order valence-electron chi connectivity index (χ1n) is 5.27. The largest absolute Gasteiger partial charge is 0.391 e. The number of aryl methyl sites for hydroxylation is 1. The van der Waals surface area contributed by atoms with Gasteiger partial charge in [-0.1, -0.05) is 20.8 Å². The van der Waals surface area contributed by atoms with E-state index in [0.29, 0.717) is 6.54 Å². The third-order valence-electron chi connectivity index (χ3n) is 2.57. The first kappa shape index (κ1) is 12.2. The molecule has 1 atom stereocenters. The molecule has 0 spiro atoms. The topological polar surface area (TPSA) is 50.1 Å². The zero-order valence-corrected chi connectivity index (χ0v) is 9.99.